The van der Waals surface area contributed by atoms with Crippen molar-refractivity contribution >= 4 is 33.0 Å². The third-order valence-corrected chi connectivity index (χ3v) is 7.74. The molecule has 0 aliphatic heterocycles. The van der Waals surface area contributed by atoms with Gasteiger partial charge in [0.1, 0.15) is 4.21 Å². The number of rotatable bonds is 8. The van der Waals surface area contributed by atoms with Crippen molar-refractivity contribution in [1.29, 1.82) is 0 Å². The highest BCUT2D eigenvalue weighted by Gasteiger charge is 2.27. The third-order valence-electron chi connectivity index (χ3n) is 3.68. The van der Waals surface area contributed by atoms with E-state index >= 15 is 0 Å². The summed E-state index contributed by atoms with van der Waals surface area (Å²) in [4.78, 5) is 0.934. The van der Waals surface area contributed by atoms with E-state index in [-0.39, 0.29) is 0 Å². The lowest BCUT2D eigenvalue weighted by molar-refractivity contribution is 0.340. The summed E-state index contributed by atoms with van der Waals surface area (Å²) >= 11 is 7.13. The van der Waals surface area contributed by atoms with Crippen molar-refractivity contribution in [2.45, 2.75) is 50.6 Å². The van der Waals surface area contributed by atoms with Crippen LogP contribution in [0.15, 0.2) is 10.3 Å². The average molecular weight is 338 g/mol. The summed E-state index contributed by atoms with van der Waals surface area (Å²) in [5, 5.41) is 0. The van der Waals surface area contributed by atoms with Crippen molar-refractivity contribution in [3.05, 3.63) is 16.5 Å². The van der Waals surface area contributed by atoms with Crippen molar-refractivity contribution in [2.24, 2.45) is 5.92 Å². The Bertz CT molecular complexity index is 521. The lowest BCUT2D eigenvalue weighted by Gasteiger charge is -2.24. The minimum Gasteiger partial charge on any atom is -0.206 e. The van der Waals surface area contributed by atoms with Crippen molar-refractivity contribution < 1.29 is 8.42 Å². The van der Waals surface area contributed by atoms with E-state index in [9.17, 15) is 8.42 Å². The minimum atomic E-state index is -3.38. The molecule has 1 aromatic heterocycles. The quantitative estimate of drug-likeness (QED) is 0.665. The number of hydrogen-bond acceptors (Lipinski definition) is 3. The molecular weight excluding hydrogens is 314 g/mol. The molecule has 3 nitrogen and oxygen atoms in total. The molecule has 0 unspecified atom stereocenters. The molecule has 0 aromatic carbocycles. The zero-order valence-electron chi connectivity index (χ0n) is 12.6. The van der Waals surface area contributed by atoms with Gasteiger partial charge in [-0.3, -0.25) is 0 Å². The van der Waals surface area contributed by atoms with Crippen LogP contribution in [0, 0.1) is 12.8 Å². The first kappa shape index (κ1) is 18.0. The molecule has 0 N–H and O–H groups in total. The summed E-state index contributed by atoms with van der Waals surface area (Å²) in [6, 6.07) is 1.74. The number of nitrogens with zero attached hydrogens (tertiary/aromatic N) is 1. The van der Waals surface area contributed by atoms with E-state index in [2.05, 4.69) is 13.8 Å². The van der Waals surface area contributed by atoms with Crippen LogP contribution in [0.3, 0.4) is 0 Å². The zero-order chi connectivity index (χ0) is 15.3. The van der Waals surface area contributed by atoms with Gasteiger partial charge in [0.2, 0.25) is 0 Å². The maximum Gasteiger partial charge on any atom is 0.252 e. The zero-order valence-corrected chi connectivity index (χ0v) is 15.0. The third kappa shape index (κ3) is 3.97. The predicted octanol–water partition coefficient (Wildman–Crippen LogP) is 4.24. The average Bonchev–Trinajstić information content (AvgIpc) is 2.82. The van der Waals surface area contributed by atoms with Crippen molar-refractivity contribution in [1.82, 2.24) is 4.31 Å². The molecule has 0 radical (unpaired) electrons. The Morgan fingerprint density at radius 1 is 1.30 bits per heavy atom. The van der Waals surface area contributed by atoms with Gasteiger partial charge in [0.25, 0.3) is 10.0 Å². The molecule has 116 valence electrons. The molecule has 0 aliphatic carbocycles. The Hall–Kier alpha value is -0.100. The largest absolute Gasteiger partial charge is 0.252 e. The summed E-state index contributed by atoms with van der Waals surface area (Å²) < 4.78 is 27.4. The second-order valence-corrected chi connectivity index (χ2v) is 8.51. The van der Waals surface area contributed by atoms with Gasteiger partial charge in [0, 0.05) is 18.0 Å². The fourth-order valence-corrected chi connectivity index (χ4v) is 5.60. The first-order valence-corrected chi connectivity index (χ1v) is 9.85. The number of aryl methyl sites for hydroxylation is 1. The monoisotopic (exact) mass is 337 g/mol. The molecule has 0 saturated heterocycles. The van der Waals surface area contributed by atoms with Gasteiger partial charge in [-0.15, -0.1) is 22.9 Å². The van der Waals surface area contributed by atoms with Crippen LogP contribution < -0.4 is 0 Å². The lowest BCUT2D eigenvalue weighted by Crippen LogP contribution is -2.34. The second-order valence-electron chi connectivity index (χ2n) is 4.94. The number of alkyl halides is 1. The standard InChI is InChI=1S/C14H24ClNO2S2/c1-5-12(6-2)10-16(7-3)20(17,18)14-8-11(4)13(9-15)19-14/h8,12H,5-7,9-10H2,1-4H3. The van der Waals surface area contributed by atoms with Gasteiger partial charge in [0.15, 0.2) is 0 Å². The maximum absolute atomic E-state index is 12.7. The number of hydrogen-bond donors (Lipinski definition) is 0. The smallest absolute Gasteiger partial charge is 0.206 e. The Kier molecular flexibility index (Phi) is 6.98. The van der Waals surface area contributed by atoms with E-state index in [1.54, 1.807) is 10.4 Å². The van der Waals surface area contributed by atoms with Crippen molar-refractivity contribution in [2.75, 3.05) is 13.1 Å². The number of halogens is 1. The summed E-state index contributed by atoms with van der Waals surface area (Å²) in [6.45, 7) is 9.11. The second kappa shape index (κ2) is 7.78. The van der Waals surface area contributed by atoms with Crippen LogP contribution in [0.5, 0.6) is 0 Å². The lowest BCUT2D eigenvalue weighted by atomic mass is 10.0. The molecule has 0 aliphatic rings. The Morgan fingerprint density at radius 3 is 2.30 bits per heavy atom. The molecule has 0 bridgehead atoms. The van der Waals surface area contributed by atoms with Gasteiger partial charge in [-0.1, -0.05) is 33.6 Å². The van der Waals surface area contributed by atoms with Crippen LogP contribution in [-0.4, -0.2) is 25.8 Å². The van der Waals surface area contributed by atoms with Crippen LogP contribution in [0.1, 0.15) is 44.1 Å². The van der Waals surface area contributed by atoms with Crippen LogP contribution in [0.25, 0.3) is 0 Å². The van der Waals surface area contributed by atoms with Gasteiger partial charge in [0.05, 0.1) is 5.88 Å². The van der Waals surface area contributed by atoms with Crippen LogP contribution >= 0.6 is 22.9 Å². The highest BCUT2D eigenvalue weighted by atomic mass is 35.5. The van der Waals surface area contributed by atoms with E-state index in [1.165, 1.54) is 11.3 Å². The van der Waals surface area contributed by atoms with E-state index in [4.69, 9.17) is 11.6 Å². The fraction of sp³-hybridized carbons (Fsp3) is 0.714. The van der Waals surface area contributed by atoms with Gasteiger partial charge in [-0.2, -0.15) is 4.31 Å². The topological polar surface area (TPSA) is 37.4 Å². The molecule has 0 amide bonds. The molecule has 1 aromatic rings. The molecule has 6 heteroatoms. The minimum absolute atomic E-state index is 0.366. The molecular formula is C14H24ClNO2S2. The summed E-state index contributed by atoms with van der Waals surface area (Å²) in [7, 11) is -3.38. The predicted molar refractivity (Wildman–Crippen MR) is 87.1 cm³/mol. The highest BCUT2D eigenvalue weighted by Crippen LogP contribution is 2.30. The molecule has 0 fully saturated rings. The van der Waals surface area contributed by atoms with E-state index in [1.807, 2.05) is 13.8 Å². The number of thiophene rings is 1. The highest BCUT2D eigenvalue weighted by molar-refractivity contribution is 7.91. The normalized spacial score (nSPS) is 12.6. The molecule has 1 heterocycles. The van der Waals surface area contributed by atoms with E-state index < -0.39 is 10.0 Å². The first-order valence-electron chi connectivity index (χ1n) is 7.05. The van der Waals surface area contributed by atoms with Gasteiger partial charge >= 0.3 is 0 Å². The molecule has 0 saturated carbocycles. The molecule has 0 spiro atoms. The SMILES string of the molecule is CCC(CC)CN(CC)S(=O)(=O)c1cc(C)c(CCl)s1. The van der Waals surface area contributed by atoms with Crippen molar-refractivity contribution in [3.8, 4) is 0 Å². The molecule has 0 atom stereocenters. The van der Waals surface area contributed by atoms with Gasteiger partial charge < -0.3 is 0 Å². The maximum atomic E-state index is 12.7. The van der Waals surface area contributed by atoms with Crippen LogP contribution in [-0.2, 0) is 15.9 Å². The Balaban J connectivity index is 3.05. The first-order chi connectivity index (χ1) is 9.40. The molecule has 20 heavy (non-hydrogen) atoms. The van der Waals surface area contributed by atoms with Crippen molar-refractivity contribution in [3.63, 3.8) is 0 Å². The van der Waals surface area contributed by atoms with Crippen LogP contribution in [0.4, 0.5) is 0 Å². The van der Waals surface area contributed by atoms with E-state index in [0.717, 1.165) is 23.3 Å². The molecule has 1 rings (SSSR count). The summed E-state index contributed by atoms with van der Waals surface area (Å²) in [5.41, 5.74) is 0.960. The van der Waals surface area contributed by atoms with Gasteiger partial charge in [-0.05, 0) is 24.5 Å². The van der Waals surface area contributed by atoms with Crippen LogP contribution in [0.2, 0.25) is 0 Å². The Labute approximate surface area is 132 Å². The number of sulfonamides is 1. The van der Waals surface area contributed by atoms with Gasteiger partial charge in [-0.25, -0.2) is 8.42 Å². The van der Waals surface area contributed by atoms with E-state index in [0.29, 0.717) is 29.1 Å². The summed E-state index contributed by atoms with van der Waals surface area (Å²) in [5.74, 6) is 0.781. The fourth-order valence-electron chi connectivity index (χ4n) is 2.11. The Morgan fingerprint density at radius 2 is 1.90 bits per heavy atom. The summed E-state index contributed by atoms with van der Waals surface area (Å²) in [6.07, 6.45) is 2.00.